The smallest absolute Gasteiger partial charge is 0.254 e. The lowest BCUT2D eigenvalue weighted by Gasteiger charge is -2.36. The first-order valence-corrected chi connectivity index (χ1v) is 11.7. The van der Waals surface area contributed by atoms with Crippen LogP contribution in [0.2, 0.25) is 0 Å². The fourth-order valence-corrected chi connectivity index (χ4v) is 4.63. The molecule has 0 unspecified atom stereocenters. The molecule has 34 heavy (non-hydrogen) atoms. The summed E-state index contributed by atoms with van der Waals surface area (Å²) in [6.45, 7) is 1.86. The lowest BCUT2D eigenvalue weighted by Crippen LogP contribution is -2.48. The maximum absolute atomic E-state index is 13.5. The Labute approximate surface area is 199 Å². The van der Waals surface area contributed by atoms with Crippen LogP contribution in [-0.4, -0.2) is 40.1 Å². The van der Waals surface area contributed by atoms with Crippen LogP contribution in [0.25, 0.3) is 11.3 Å². The summed E-state index contributed by atoms with van der Waals surface area (Å²) in [4.78, 5) is 15.5. The molecule has 1 aromatic heterocycles. The second kappa shape index (κ2) is 9.93. The molecule has 4 N–H and O–H groups in total. The van der Waals surface area contributed by atoms with Crippen molar-refractivity contribution >= 4 is 11.6 Å². The van der Waals surface area contributed by atoms with E-state index < -0.39 is 0 Å². The van der Waals surface area contributed by atoms with Crippen LogP contribution in [0, 0.1) is 0 Å². The Morgan fingerprint density at radius 2 is 1.82 bits per heavy atom. The molecule has 2 heterocycles. The second-order valence-electron chi connectivity index (χ2n) is 8.71. The average molecular weight is 452 g/mol. The molecule has 0 saturated heterocycles. The monoisotopic (exact) mass is 451 g/mol. The van der Waals surface area contributed by atoms with Gasteiger partial charge in [-0.3, -0.25) is 9.89 Å². The molecule has 0 bridgehead atoms. The number of aromatic amines is 1. The Kier molecular flexibility index (Phi) is 6.40. The number of aromatic nitrogens is 2. The Balaban J connectivity index is 1.34. The molecule has 0 saturated carbocycles. The predicted octanol–water partition coefficient (Wildman–Crippen LogP) is 4.26. The van der Waals surface area contributed by atoms with Gasteiger partial charge in [0.2, 0.25) is 0 Å². The van der Waals surface area contributed by atoms with Crippen molar-refractivity contribution < 1.29 is 4.79 Å². The Morgan fingerprint density at radius 3 is 2.56 bits per heavy atom. The number of hydrogen-bond acceptors (Lipinski definition) is 4. The number of nitrogens with two attached hydrogens (primary N) is 1. The molecule has 4 aromatic rings. The zero-order valence-electron chi connectivity index (χ0n) is 19.1. The van der Waals surface area contributed by atoms with Gasteiger partial charge in [0.25, 0.3) is 5.91 Å². The topological polar surface area (TPSA) is 87.0 Å². The van der Waals surface area contributed by atoms with Crippen molar-refractivity contribution in [1.82, 2.24) is 15.1 Å². The third-order valence-corrected chi connectivity index (χ3v) is 6.50. The minimum atomic E-state index is 0.0308. The Bertz CT molecular complexity index is 1240. The van der Waals surface area contributed by atoms with Crippen molar-refractivity contribution in [2.75, 3.05) is 18.4 Å². The number of carbonyl (C=O) groups is 1. The van der Waals surface area contributed by atoms with Crippen molar-refractivity contribution in [3.63, 3.8) is 0 Å². The summed E-state index contributed by atoms with van der Waals surface area (Å²) in [5.74, 6) is 0.0985. The van der Waals surface area contributed by atoms with Gasteiger partial charge >= 0.3 is 0 Å². The van der Waals surface area contributed by atoms with Crippen LogP contribution in [-0.2, 0) is 19.4 Å². The van der Waals surface area contributed by atoms with Crippen LogP contribution in [0.15, 0.2) is 85.1 Å². The van der Waals surface area contributed by atoms with Crippen molar-refractivity contribution in [2.45, 2.75) is 25.4 Å². The molecule has 0 aliphatic carbocycles. The molecule has 0 fully saturated rings. The van der Waals surface area contributed by atoms with E-state index in [1.54, 1.807) is 0 Å². The van der Waals surface area contributed by atoms with Crippen LogP contribution in [0.4, 0.5) is 5.69 Å². The summed E-state index contributed by atoms with van der Waals surface area (Å²) in [7, 11) is 0. The molecule has 5 rings (SSSR count). The van der Waals surface area contributed by atoms with Gasteiger partial charge in [-0.1, -0.05) is 54.6 Å². The van der Waals surface area contributed by atoms with Gasteiger partial charge in [0.15, 0.2) is 0 Å². The number of nitrogens with one attached hydrogen (secondary N) is 2. The van der Waals surface area contributed by atoms with Gasteiger partial charge in [0.1, 0.15) is 0 Å². The van der Waals surface area contributed by atoms with E-state index in [0.29, 0.717) is 19.6 Å². The molecule has 1 aliphatic heterocycles. The van der Waals surface area contributed by atoms with E-state index in [2.05, 4.69) is 70.1 Å². The zero-order valence-corrected chi connectivity index (χ0v) is 19.1. The maximum atomic E-state index is 13.5. The van der Waals surface area contributed by atoms with Crippen molar-refractivity contribution in [2.24, 2.45) is 5.73 Å². The summed E-state index contributed by atoms with van der Waals surface area (Å²) >= 11 is 0. The van der Waals surface area contributed by atoms with E-state index >= 15 is 0 Å². The van der Waals surface area contributed by atoms with Crippen LogP contribution in [0.3, 0.4) is 0 Å². The van der Waals surface area contributed by atoms with E-state index in [9.17, 15) is 4.79 Å². The summed E-state index contributed by atoms with van der Waals surface area (Å²) in [5, 5.41) is 10.6. The standard InChI is InChI=1S/C28H29N5O/c29-18-21-6-11-26-23(16-21)13-15-33(28(26)34)25(17-20-4-2-1-3-5-20)19-30-24-9-7-22(8-10-24)27-12-14-31-32-27/h1-12,14,16,25,30H,13,15,17-19,29H2,(H,31,32)/t25-/m0/s1. The first-order valence-electron chi connectivity index (χ1n) is 11.7. The summed E-state index contributed by atoms with van der Waals surface area (Å²) in [6.07, 6.45) is 3.46. The summed E-state index contributed by atoms with van der Waals surface area (Å²) in [5.41, 5.74) is 13.0. The maximum Gasteiger partial charge on any atom is 0.254 e. The molecule has 0 spiro atoms. The largest absolute Gasteiger partial charge is 0.383 e. The van der Waals surface area contributed by atoms with Crippen molar-refractivity contribution in [1.29, 1.82) is 0 Å². The Morgan fingerprint density at radius 1 is 1.00 bits per heavy atom. The van der Waals surface area contributed by atoms with E-state index in [1.807, 2.05) is 35.4 Å². The van der Waals surface area contributed by atoms with Gasteiger partial charge in [0, 0.05) is 42.6 Å². The van der Waals surface area contributed by atoms with Gasteiger partial charge in [0.05, 0.1) is 11.7 Å². The van der Waals surface area contributed by atoms with E-state index in [-0.39, 0.29) is 11.9 Å². The minimum absolute atomic E-state index is 0.0308. The molecule has 6 heteroatoms. The SMILES string of the molecule is NCc1ccc2c(c1)CCN([C@H](CNc1ccc(-c3cc[nH]n3)cc1)Cc1ccccc1)C2=O. The van der Waals surface area contributed by atoms with E-state index in [4.69, 9.17) is 5.73 Å². The molecule has 6 nitrogen and oxygen atoms in total. The number of hydrogen-bond donors (Lipinski definition) is 3. The molecule has 1 aliphatic rings. The highest BCUT2D eigenvalue weighted by Gasteiger charge is 2.30. The summed E-state index contributed by atoms with van der Waals surface area (Å²) < 4.78 is 0. The number of rotatable bonds is 8. The second-order valence-corrected chi connectivity index (χ2v) is 8.71. The number of amides is 1. The van der Waals surface area contributed by atoms with Crippen molar-refractivity contribution in [3.05, 3.63) is 107 Å². The molecule has 172 valence electrons. The van der Waals surface area contributed by atoms with E-state index in [1.165, 1.54) is 5.56 Å². The fourth-order valence-electron chi connectivity index (χ4n) is 4.63. The molecular weight excluding hydrogens is 422 g/mol. The van der Waals surface area contributed by atoms with Gasteiger partial charge in [-0.25, -0.2) is 0 Å². The average Bonchev–Trinajstić information content (AvgIpc) is 3.43. The van der Waals surface area contributed by atoms with Gasteiger partial charge in [-0.2, -0.15) is 5.10 Å². The van der Waals surface area contributed by atoms with Crippen LogP contribution in [0.1, 0.15) is 27.0 Å². The number of anilines is 1. The lowest BCUT2D eigenvalue weighted by atomic mass is 9.94. The zero-order chi connectivity index (χ0) is 23.3. The molecular formula is C28H29N5O. The van der Waals surface area contributed by atoms with Gasteiger partial charge < -0.3 is 16.0 Å². The highest BCUT2D eigenvalue weighted by atomic mass is 16.2. The number of H-pyrrole nitrogens is 1. The van der Waals surface area contributed by atoms with E-state index in [0.717, 1.165) is 46.5 Å². The lowest BCUT2D eigenvalue weighted by molar-refractivity contribution is 0.0668. The van der Waals surface area contributed by atoms with Gasteiger partial charge in [-0.05, 0) is 53.8 Å². The molecule has 3 aromatic carbocycles. The van der Waals surface area contributed by atoms with Crippen LogP contribution >= 0.6 is 0 Å². The number of carbonyl (C=O) groups excluding carboxylic acids is 1. The Hall–Kier alpha value is -3.90. The normalized spacial score (nSPS) is 14.0. The van der Waals surface area contributed by atoms with Crippen LogP contribution in [0.5, 0.6) is 0 Å². The first kappa shape index (κ1) is 21.9. The van der Waals surface area contributed by atoms with Gasteiger partial charge in [-0.15, -0.1) is 0 Å². The number of benzene rings is 3. The third-order valence-electron chi connectivity index (χ3n) is 6.50. The minimum Gasteiger partial charge on any atom is -0.383 e. The number of nitrogens with zero attached hydrogens (tertiary/aromatic N) is 2. The highest BCUT2D eigenvalue weighted by molar-refractivity contribution is 5.97. The molecule has 1 amide bonds. The quantitative estimate of drug-likeness (QED) is 0.374. The molecule has 0 radical (unpaired) electrons. The van der Waals surface area contributed by atoms with Crippen molar-refractivity contribution in [3.8, 4) is 11.3 Å². The molecule has 1 atom stereocenters. The summed E-state index contributed by atoms with van der Waals surface area (Å²) in [6, 6.07) is 26.6. The third kappa shape index (κ3) is 4.72. The van der Waals surface area contributed by atoms with Crippen LogP contribution < -0.4 is 11.1 Å². The highest BCUT2D eigenvalue weighted by Crippen LogP contribution is 2.24. The fraction of sp³-hybridized carbons (Fsp3) is 0.214. The first-order chi connectivity index (χ1) is 16.7. The number of fused-ring (bicyclic) bond motifs is 1. The predicted molar refractivity (Wildman–Crippen MR) is 136 cm³/mol.